The van der Waals surface area contributed by atoms with E-state index < -0.39 is 0 Å². The van der Waals surface area contributed by atoms with Gasteiger partial charge in [0.05, 0.1) is 0 Å². The van der Waals surface area contributed by atoms with Crippen molar-refractivity contribution in [2.75, 3.05) is 0 Å². The molecule has 0 spiro atoms. The summed E-state index contributed by atoms with van der Waals surface area (Å²) in [6.45, 7) is 0. The van der Waals surface area contributed by atoms with Crippen molar-refractivity contribution in [3.05, 3.63) is 0 Å². The molecule has 0 bridgehead atoms. The fourth-order valence-electron chi connectivity index (χ4n) is 0. The third kappa shape index (κ3) is 9.92. The summed E-state index contributed by atoms with van der Waals surface area (Å²) in [5.74, 6) is 0. The molecule has 0 radical (unpaired) electrons. The summed E-state index contributed by atoms with van der Waals surface area (Å²) in [5, 5.41) is 0. The molecule has 0 unspecified atom stereocenters. The molecule has 0 atom stereocenters. The molecular weight excluding hydrogens is 296 g/mol. The van der Waals surface area contributed by atoms with Gasteiger partial charge >= 0.3 is 26.2 Å². The van der Waals surface area contributed by atoms with Gasteiger partial charge in [0, 0.05) is 0 Å². The minimum atomic E-state index is 0. The van der Waals surface area contributed by atoms with E-state index in [1.54, 1.807) is 0 Å². The topological polar surface area (TPSA) is 31.5 Å². The van der Waals surface area contributed by atoms with Gasteiger partial charge in [-0.25, -0.2) is 0 Å². The number of halogens is 2. The fraction of sp³-hybridized carbons (Fsp3) is 0. The first-order valence-corrected chi connectivity index (χ1v) is 0. The summed E-state index contributed by atoms with van der Waals surface area (Å²) < 4.78 is 0. The standard InChI is InChI=1S/Bi.2ClH.H2O.3H/h;2*1H;1H2;;;. The molecule has 4 heteroatoms. The first-order valence-electron chi connectivity index (χ1n) is 0. The van der Waals surface area contributed by atoms with Gasteiger partial charge in [-0.1, -0.05) is 0 Å². The molecule has 0 aromatic carbocycles. The summed E-state index contributed by atoms with van der Waals surface area (Å²) >= 11 is 0. The van der Waals surface area contributed by atoms with Crippen molar-refractivity contribution in [1.82, 2.24) is 0 Å². The molecule has 0 saturated heterocycles. The summed E-state index contributed by atoms with van der Waals surface area (Å²) in [6.07, 6.45) is 0. The van der Waals surface area contributed by atoms with Crippen molar-refractivity contribution < 1.29 is 5.48 Å². The quantitative estimate of drug-likeness (QED) is 0.506. The maximum absolute atomic E-state index is 0. The first kappa shape index (κ1) is 52.4. The van der Waals surface area contributed by atoms with E-state index in [0.29, 0.717) is 0 Å². The molecular formula is H7BiCl2O. The molecule has 0 aliphatic carbocycles. The van der Waals surface area contributed by atoms with Gasteiger partial charge in [0.1, 0.15) is 0 Å². The van der Waals surface area contributed by atoms with E-state index in [4.69, 9.17) is 0 Å². The molecule has 4 heavy (non-hydrogen) atoms. The third-order valence-corrected chi connectivity index (χ3v) is 0. The second-order valence-corrected chi connectivity index (χ2v) is 0. The van der Waals surface area contributed by atoms with Gasteiger partial charge in [0.25, 0.3) is 0 Å². The summed E-state index contributed by atoms with van der Waals surface area (Å²) in [6, 6.07) is 0. The second kappa shape index (κ2) is 25.6. The van der Waals surface area contributed by atoms with E-state index in [1.807, 2.05) is 0 Å². The van der Waals surface area contributed by atoms with E-state index in [0.717, 1.165) is 0 Å². The molecule has 0 rings (SSSR count). The van der Waals surface area contributed by atoms with Crippen molar-refractivity contribution in [3.8, 4) is 0 Å². The molecule has 0 saturated carbocycles. The molecule has 32 valence electrons. The van der Waals surface area contributed by atoms with Gasteiger partial charge < -0.3 is 5.48 Å². The number of hydrogen-bond acceptors (Lipinski definition) is 0. The van der Waals surface area contributed by atoms with Crippen molar-refractivity contribution >= 4 is 51.0 Å². The second-order valence-electron chi connectivity index (χ2n) is 0. The van der Waals surface area contributed by atoms with Gasteiger partial charge in [-0.05, 0) is 0 Å². The van der Waals surface area contributed by atoms with E-state index in [-0.39, 0.29) is 56.5 Å². The van der Waals surface area contributed by atoms with Gasteiger partial charge in [-0.15, -0.1) is 24.8 Å². The molecule has 0 amide bonds. The molecule has 0 fully saturated rings. The molecule has 1 nitrogen and oxygen atoms in total. The van der Waals surface area contributed by atoms with E-state index >= 15 is 0 Å². The predicted octanol–water partition coefficient (Wildman–Crippen LogP) is -1.17. The van der Waals surface area contributed by atoms with Crippen LogP contribution in [0.4, 0.5) is 0 Å². The van der Waals surface area contributed by atoms with Crippen LogP contribution >= 0.6 is 24.8 Å². The average molecular weight is 303 g/mol. The Kier molecular flexibility index (Phi) is 335. The van der Waals surface area contributed by atoms with Crippen LogP contribution < -0.4 is 0 Å². The molecule has 0 aromatic heterocycles. The first-order chi connectivity index (χ1) is 0. The van der Waals surface area contributed by atoms with Crippen LogP contribution in [0, 0.1) is 0 Å². The Balaban J connectivity index is 0. The van der Waals surface area contributed by atoms with Crippen LogP contribution in [0.25, 0.3) is 0 Å². The van der Waals surface area contributed by atoms with Crippen LogP contribution in [0.3, 0.4) is 0 Å². The zero-order valence-electron chi connectivity index (χ0n) is 2.02. The van der Waals surface area contributed by atoms with Crippen molar-refractivity contribution in [1.29, 1.82) is 0 Å². The summed E-state index contributed by atoms with van der Waals surface area (Å²) in [5.41, 5.74) is 0. The van der Waals surface area contributed by atoms with Gasteiger partial charge in [0.2, 0.25) is 0 Å². The van der Waals surface area contributed by atoms with E-state index in [9.17, 15) is 0 Å². The van der Waals surface area contributed by atoms with E-state index in [1.165, 1.54) is 0 Å². The van der Waals surface area contributed by atoms with Gasteiger partial charge in [-0.2, -0.15) is 0 Å². The van der Waals surface area contributed by atoms with Crippen molar-refractivity contribution in [3.63, 3.8) is 0 Å². The molecule has 0 aliphatic heterocycles. The van der Waals surface area contributed by atoms with Crippen LogP contribution in [0.15, 0.2) is 0 Å². The Hall–Kier alpha value is 1.42. The predicted molar refractivity (Wildman–Crippen MR) is 28.0 cm³/mol. The van der Waals surface area contributed by atoms with Crippen LogP contribution in [0.5, 0.6) is 0 Å². The minimum absolute atomic E-state index is 0. The third-order valence-electron chi connectivity index (χ3n) is 0. The SMILES string of the molecule is Cl.Cl.O.[BiH3]. The zero-order valence-corrected chi connectivity index (χ0v) is 9.15. The summed E-state index contributed by atoms with van der Waals surface area (Å²) in [7, 11) is 0. The molecule has 0 aliphatic rings. The zero-order chi connectivity index (χ0) is 0. The molecule has 2 N–H and O–H groups in total. The normalized spacial score (nSPS) is 0. The van der Waals surface area contributed by atoms with E-state index in [2.05, 4.69) is 0 Å². The Labute approximate surface area is 56.4 Å². The monoisotopic (exact) mass is 302 g/mol. The Morgan fingerprint density at radius 3 is 0.750 bits per heavy atom. The van der Waals surface area contributed by atoms with Crippen molar-refractivity contribution in [2.45, 2.75) is 0 Å². The number of rotatable bonds is 0. The van der Waals surface area contributed by atoms with Gasteiger partial charge in [-0.3, -0.25) is 0 Å². The molecule has 0 aromatic rings. The van der Waals surface area contributed by atoms with Crippen molar-refractivity contribution in [2.24, 2.45) is 0 Å². The van der Waals surface area contributed by atoms with Crippen LogP contribution in [0.2, 0.25) is 0 Å². The average Bonchev–Trinajstić information content (AvgIpc) is 0. The van der Waals surface area contributed by atoms with Crippen LogP contribution in [0.1, 0.15) is 0 Å². The molecule has 0 heterocycles. The maximum atomic E-state index is 0. The Morgan fingerprint density at radius 2 is 0.750 bits per heavy atom. The number of hydrogen-bond donors (Lipinski definition) is 0. The van der Waals surface area contributed by atoms with Crippen LogP contribution in [-0.4, -0.2) is 31.7 Å². The Morgan fingerprint density at radius 1 is 0.750 bits per heavy atom. The summed E-state index contributed by atoms with van der Waals surface area (Å²) in [4.78, 5) is 0. The van der Waals surface area contributed by atoms with Crippen LogP contribution in [-0.2, 0) is 0 Å². The van der Waals surface area contributed by atoms with Gasteiger partial charge in [0.15, 0.2) is 0 Å². The Bertz CT molecular complexity index is 6.00. The fourth-order valence-corrected chi connectivity index (χ4v) is 0.